The van der Waals surface area contributed by atoms with E-state index in [4.69, 9.17) is 4.74 Å². The van der Waals surface area contributed by atoms with Crippen LogP contribution in [0.3, 0.4) is 0 Å². The third-order valence-electron chi connectivity index (χ3n) is 2.35. The first-order valence-corrected chi connectivity index (χ1v) is 5.62. The zero-order chi connectivity index (χ0) is 11.5. The number of rotatable bonds is 4. The van der Waals surface area contributed by atoms with Gasteiger partial charge >= 0.3 is 6.09 Å². The summed E-state index contributed by atoms with van der Waals surface area (Å²) in [7, 11) is 0. The summed E-state index contributed by atoms with van der Waals surface area (Å²) < 4.78 is 7.02. The van der Waals surface area contributed by atoms with Gasteiger partial charge in [0, 0.05) is 12.2 Å². The number of amides is 1. The normalized spacial score (nSPS) is 15.2. The van der Waals surface area contributed by atoms with Gasteiger partial charge in [-0.3, -0.25) is 5.32 Å². The number of carbonyl (C=O) groups excluding carboxylic acids is 1. The van der Waals surface area contributed by atoms with Gasteiger partial charge in [-0.1, -0.05) is 13.8 Å². The summed E-state index contributed by atoms with van der Waals surface area (Å²) in [6.07, 6.45) is 5.56. The lowest BCUT2D eigenvalue weighted by molar-refractivity contribution is 0.147. The molecule has 0 aliphatic heterocycles. The van der Waals surface area contributed by atoms with E-state index < -0.39 is 6.09 Å². The Hall–Kier alpha value is -1.52. The van der Waals surface area contributed by atoms with Crippen LogP contribution in [-0.2, 0) is 4.74 Å². The van der Waals surface area contributed by atoms with Crippen molar-refractivity contribution in [3.8, 4) is 0 Å². The zero-order valence-electron chi connectivity index (χ0n) is 9.64. The van der Waals surface area contributed by atoms with Gasteiger partial charge in [-0.15, -0.1) is 0 Å². The van der Waals surface area contributed by atoms with Crippen molar-refractivity contribution in [1.29, 1.82) is 0 Å². The van der Waals surface area contributed by atoms with E-state index in [1.165, 1.54) is 12.8 Å². The van der Waals surface area contributed by atoms with Gasteiger partial charge in [0.15, 0.2) is 5.82 Å². The Morgan fingerprint density at radius 3 is 3.06 bits per heavy atom. The second-order valence-electron chi connectivity index (χ2n) is 4.55. The van der Waals surface area contributed by atoms with Crippen LogP contribution in [0.25, 0.3) is 0 Å². The largest absolute Gasteiger partial charge is 0.449 e. The van der Waals surface area contributed by atoms with Gasteiger partial charge in [0.2, 0.25) is 0 Å². The van der Waals surface area contributed by atoms with E-state index in [0.717, 1.165) is 0 Å². The third kappa shape index (κ3) is 2.98. The predicted molar refractivity (Wildman–Crippen MR) is 60.3 cm³/mol. The van der Waals surface area contributed by atoms with E-state index in [2.05, 4.69) is 10.3 Å². The highest BCUT2D eigenvalue weighted by Gasteiger charge is 2.23. The van der Waals surface area contributed by atoms with Gasteiger partial charge < -0.3 is 9.30 Å². The molecule has 1 aromatic rings. The number of carbonyl (C=O) groups is 1. The number of nitrogens with zero attached hydrogens (tertiary/aromatic N) is 2. The number of anilines is 1. The fourth-order valence-corrected chi connectivity index (χ4v) is 1.36. The molecule has 1 fully saturated rings. The topological polar surface area (TPSA) is 56.1 Å². The van der Waals surface area contributed by atoms with Crippen LogP contribution in [0.1, 0.15) is 32.7 Å². The maximum absolute atomic E-state index is 11.3. The highest BCUT2D eigenvalue weighted by atomic mass is 16.5. The van der Waals surface area contributed by atoms with E-state index >= 15 is 0 Å². The first-order chi connectivity index (χ1) is 7.65. The average Bonchev–Trinajstić information content (AvgIpc) is 2.98. The molecule has 2 rings (SSSR count). The zero-order valence-corrected chi connectivity index (χ0v) is 9.64. The van der Waals surface area contributed by atoms with Crippen molar-refractivity contribution >= 4 is 11.9 Å². The van der Waals surface area contributed by atoms with Crippen molar-refractivity contribution in [1.82, 2.24) is 9.55 Å². The lowest BCUT2D eigenvalue weighted by atomic mass is 10.2. The van der Waals surface area contributed by atoms with E-state index in [1.54, 1.807) is 6.33 Å². The Morgan fingerprint density at radius 2 is 2.44 bits per heavy atom. The highest BCUT2D eigenvalue weighted by Crippen LogP contribution is 2.34. The number of aromatic nitrogens is 2. The molecule has 1 saturated carbocycles. The van der Waals surface area contributed by atoms with Crippen molar-refractivity contribution < 1.29 is 9.53 Å². The van der Waals surface area contributed by atoms with Gasteiger partial charge in [0.05, 0.1) is 12.9 Å². The molecule has 5 nitrogen and oxygen atoms in total. The number of ether oxygens (including phenoxy) is 1. The Bertz CT molecular complexity index is 369. The van der Waals surface area contributed by atoms with Crippen LogP contribution in [0.15, 0.2) is 12.5 Å². The summed E-state index contributed by atoms with van der Waals surface area (Å²) in [6.45, 7) is 4.42. The monoisotopic (exact) mass is 223 g/mol. The summed E-state index contributed by atoms with van der Waals surface area (Å²) in [5, 5.41) is 2.61. The Labute approximate surface area is 94.8 Å². The van der Waals surface area contributed by atoms with Crippen LogP contribution in [0.4, 0.5) is 10.6 Å². The lowest BCUT2D eigenvalue weighted by Crippen LogP contribution is -2.16. The van der Waals surface area contributed by atoms with Crippen molar-refractivity contribution in [2.45, 2.75) is 32.7 Å². The van der Waals surface area contributed by atoms with Crippen LogP contribution in [0.2, 0.25) is 0 Å². The molecule has 0 saturated heterocycles. The molecule has 5 heteroatoms. The molecule has 1 N–H and O–H groups in total. The standard InChI is InChI=1S/C11H17N3O2/c1-8(2)6-16-11(15)13-10-5-14(7-12-10)9-3-4-9/h5,7-9H,3-4,6H2,1-2H3,(H,13,15). The Kier molecular flexibility index (Phi) is 3.12. The van der Waals surface area contributed by atoms with Gasteiger partial charge in [-0.25, -0.2) is 9.78 Å². The Balaban J connectivity index is 1.80. The molecule has 1 aromatic heterocycles. The minimum Gasteiger partial charge on any atom is -0.449 e. The molecule has 0 radical (unpaired) electrons. The molecule has 0 unspecified atom stereocenters. The smallest absolute Gasteiger partial charge is 0.412 e. The summed E-state index contributed by atoms with van der Waals surface area (Å²) in [6, 6.07) is 0.578. The predicted octanol–water partition coefficient (Wildman–Crippen LogP) is 2.42. The number of hydrogen-bond acceptors (Lipinski definition) is 3. The second-order valence-corrected chi connectivity index (χ2v) is 4.55. The molecule has 0 aromatic carbocycles. The summed E-state index contributed by atoms with van der Waals surface area (Å²) in [4.78, 5) is 15.4. The van der Waals surface area contributed by atoms with E-state index in [9.17, 15) is 4.79 Å². The van der Waals surface area contributed by atoms with Crippen molar-refractivity contribution in [3.05, 3.63) is 12.5 Å². The molecule has 0 atom stereocenters. The molecular formula is C11H17N3O2. The lowest BCUT2D eigenvalue weighted by Gasteiger charge is -2.06. The quantitative estimate of drug-likeness (QED) is 0.852. The van der Waals surface area contributed by atoms with E-state index in [-0.39, 0.29) is 0 Å². The van der Waals surface area contributed by atoms with Gasteiger partial charge in [-0.05, 0) is 18.8 Å². The molecule has 0 spiro atoms. The summed E-state index contributed by atoms with van der Waals surface area (Å²) in [5.41, 5.74) is 0. The van der Waals surface area contributed by atoms with Crippen LogP contribution < -0.4 is 5.32 Å². The van der Waals surface area contributed by atoms with E-state index in [0.29, 0.717) is 24.4 Å². The fourth-order valence-electron chi connectivity index (χ4n) is 1.36. The summed E-state index contributed by atoms with van der Waals surface area (Å²) >= 11 is 0. The third-order valence-corrected chi connectivity index (χ3v) is 2.35. The maximum atomic E-state index is 11.3. The van der Waals surface area contributed by atoms with Crippen LogP contribution in [-0.4, -0.2) is 22.3 Å². The first-order valence-electron chi connectivity index (χ1n) is 5.62. The number of hydrogen-bond donors (Lipinski definition) is 1. The van der Waals surface area contributed by atoms with Crippen molar-refractivity contribution in [2.75, 3.05) is 11.9 Å². The van der Waals surface area contributed by atoms with Gasteiger partial charge in [-0.2, -0.15) is 0 Å². The minimum atomic E-state index is -0.435. The maximum Gasteiger partial charge on any atom is 0.412 e. The summed E-state index contributed by atoms with van der Waals surface area (Å²) in [5.74, 6) is 0.899. The van der Waals surface area contributed by atoms with Crippen molar-refractivity contribution in [2.24, 2.45) is 5.92 Å². The molecule has 0 bridgehead atoms. The average molecular weight is 223 g/mol. The van der Waals surface area contributed by atoms with Crippen LogP contribution in [0.5, 0.6) is 0 Å². The molecule has 88 valence electrons. The van der Waals surface area contributed by atoms with Gasteiger partial charge in [0.1, 0.15) is 0 Å². The molecule has 1 heterocycles. The highest BCUT2D eigenvalue weighted by molar-refractivity contribution is 5.83. The Morgan fingerprint density at radius 1 is 1.69 bits per heavy atom. The first kappa shape index (κ1) is 11.0. The molecule has 1 amide bonds. The van der Waals surface area contributed by atoms with Crippen LogP contribution >= 0.6 is 0 Å². The van der Waals surface area contributed by atoms with E-state index in [1.807, 2.05) is 24.6 Å². The number of imidazole rings is 1. The van der Waals surface area contributed by atoms with Crippen molar-refractivity contribution in [3.63, 3.8) is 0 Å². The van der Waals surface area contributed by atoms with Crippen LogP contribution in [0, 0.1) is 5.92 Å². The molecule has 1 aliphatic carbocycles. The number of nitrogens with one attached hydrogen (secondary N) is 1. The molecular weight excluding hydrogens is 206 g/mol. The second kappa shape index (κ2) is 4.55. The minimum absolute atomic E-state index is 0.342. The fraction of sp³-hybridized carbons (Fsp3) is 0.636. The van der Waals surface area contributed by atoms with Gasteiger partial charge in [0.25, 0.3) is 0 Å². The molecule has 1 aliphatic rings. The SMILES string of the molecule is CC(C)COC(=O)Nc1cn(C2CC2)cn1. The molecule has 16 heavy (non-hydrogen) atoms.